The van der Waals surface area contributed by atoms with Crippen LogP contribution in [0.1, 0.15) is 38.7 Å². The van der Waals surface area contributed by atoms with E-state index in [0.29, 0.717) is 21.7 Å². The zero-order chi connectivity index (χ0) is 17.7. The maximum absolute atomic E-state index is 12.4. The van der Waals surface area contributed by atoms with Crippen LogP contribution >= 0.6 is 23.2 Å². The number of hydrogen-bond acceptors (Lipinski definition) is 2. The van der Waals surface area contributed by atoms with Crippen molar-refractivity contribution < 1.29 is 9.53 Å². The van der Waals surface area contributed by atoms with Crippen molar-refractivity contribution in [2.24, 2.45) is 0 Å². The Morgan fingerprint density at radius 3 is 2.33 bits per heavy atom. The van der Waals surface area contributed by atoms with Crippen LogP contribution in [0.25, 0.3) is 0 Å². The molecule has 2 aromatic carbocycles. The zero-order valence-corrected chi connectivity index (χ0v) is 15.5. The molecule has 0 radical (unpaired) electrons. The monoisotopic (exact) mass is 365 g/mol. The average Bonchev–Trinajstić information content (AvgIpc) is 2.57. The Hall–Kier alpha value is -1.71. The third-order valence-corrected chi connectivity index (χ3v) is 4.58. The molecule has 0 spiro atoms. The lowest BCUT2D eigenvalue weighted by molar-refractivity contribution is -0.122. The van der Waals surface area contributed by atoms with Crippen LogP contribution < -0.4 is 10.1 Å². The predicted molar refractivity (Wildman–Crippen MR) is 100 cm³/mol. The number of anilines is 1. The summed E-state index contributed by atoms with van der Waals surface area (Å²) in [6.45, 7) is 5.96. The summed E-state index contributed by atoms with van der Waals surface area (Å²) in [5.74, 6) is 0.776. The minimum atomic E-state index is -0.678. The minimum absolute atomic E-state index is 0.302. The molecule has 1 N–H and O–H groups in total. The van der Waals surface area contributed by atoms with E-state index in [1.165, 1.54) is 0 Å². The van der Waals surface area contributed by atoms with Gasteiger partial charge in [0.1, 0.15) is 5.75 Å². The lowest BCUT2D eigenvalue weighted by Crippen LogP contribution is -2.30. The largest absolute Gasteiger partial charge is 0.481 e. The first-order valence-electron chi connectivity index (χ1n) is 7.94. The van der Waals surface area contributed by atoms with Gasteiger partial charge in [0, 0.05) is 0 Å². The zero-order valence-electron chi connectivity index (χ0n) is 14.0. The molecule has 0 saturated carbocycles. The lowest BCUT2D eigenvalue weighted by Gasteiger charge is -2.20. The van der Waals surface area contributed by atoms with Gasteiger partial charge in [-0.25, -0.2) is 0 Å². The van der Waals surface area contributed by atoms with E-state index >= 15 is 0 Å². The van der Waals surface area contributed by atoms with Crippen LogP contribution in [-0.2, 0) is 4.79 Å². The predicted octanol–water partition coefficient (Wildman–Crippen LogP) is 5.91. The van der Waals surface area contributed by atoms with Crippen molar-refractivity contribution in [2.45, 2.75) is 39.2 Å². The molecule has 0 aromatic heterocycles. The Morgan fingerprint density at radius 2 is 1.71 bits per heavy atom. The van der Waals surface area contributed by atoms with Crippen molar-refractivity contribution in [3.63, 3.8) is 0 Å². The maximum Gasteiger partial charge on any atom is 0.265 e. The summed E-state index contributed by atoms with van der Waals surface area (Å²) in [6.07, 6.45) is 0.318. The van der Waals surface area contributed by atoms with Gasteiger partial charge in [0.2, 0.25) is 0 Å². The van der Waals surface area contributed by atoms with E-state index in [-0.39, 0.29) is 5.91 Å². The number of halogens is 2. The quantitative estimate of drug-likeness (QED) is 0.690. The van der Waals surface area contributed by atoms with Crippen molar-refractivity contribution in [3.8, 4) is 5.75 Å². The van der Waals surface area contributed by atoms with Crippen LogP contribution in [0.15, 0.2) is 42.5 Å². The van der Waals surface area contributed by atoms with E-state index < -0.39 is 6.10 Å². The number of benzene rings is 2. The Balaban J connectivity index is 2.13. The fraction of sp³-hybridized carbons (Fsp3) is 0.316. The van der Waals surface area contributed by atoms with Gasteiger partial charge in [0.05, 0.1) is 15.7 Å². The molecule has 0 aliphatic rings. The highest BCUT2D eigenvalue weighted by Crippen LogP contribution is 2.31. The molecule has 0 bridgehead atoms. The molecule has 5 heteroatoms. The summed E-state index contributed by atoms with van der Waals surface area (Å²) in [4.78, 5) is 12.4. The van der Waals surface area contributed by atoms with Crippen molar-refractivity contribution in [1.29, 1.82) is 0 Å². The first kappa shape index (κ1) is 18.6. The van der Waals surface area contributed by atoms with E-state index in [9.17, 15) is 4.79 Å². The molecule has 0 heterocycles. The van der Waals surface area contributed by atoms with Crippen LogP contribution in [0.5, 0.6) is 5.75 Å². The molecular formula is C19H21Cl2NO2. The number of rotatable bonds is 6. The van der Waals surface area contributed by atoms with Gasteiger partial charge < -0.3 is 10.1 Å². The van der Waals surface area contributed by atoms with Gasteiger partial charge in [-0.3, -0.25) is 4.79 Å². The number of nitrogens with one attached hydrogen (secondary N) is 1. The molecule has 2 aromatic rings. The van der Waals surface area contributed by atoms with Crippen molar-refractivity contribution >= 4 is 34.8 Å². The first-order valence-corrected chi connectivity index (χ1v) is 8.70. The molecule has 0 saturated heterocycles. The highest BCUT2D eigenvalue weighted by atomic mass is 35.5. The molecule has 1 amide bonds. The fourth-order valence-electron chi connectivity index (χ4n) is 2.30. The van der Waals surface area contributed by atoms with Gasteiger partial charge in [0.15, 0.2) is 6.10 Å². The number of carbonyl (C=O) groups is 1. The minimum Gasteiger partial charge on any atom is -0.481 e. The highest BCUT2D eigenvalue weighted by molar-refractivity contribution is 6.39. The van der Waals surface area contributed by atoms with Gasteiger partial charge in [-0.15, -0.1) is 0 Å². The number of hydrogen-bond donors (Lipinski definition) is 1. The number of carbonyl (C=O) groups excluding carboxylic acids is 1. The fourth-order valence-corrected chi connectivity index (χ4v) is 2.79. The Morgan fingerprint density at radius 1 is 1.08 bits per heavy atom. The normalized spacial score (nSPS) is 13.2. The molecule has 128 valence electrons. The molecule has 2 rings (SSSR count). The molecule has 2 unspecified atom stereocenters. The van der Waals surface area contributed by atoms with E-state index in [1.54, 1.807) is 25.1 Å². The molecular weight excluding hydrogens is 345 g/mol. The second kappa shape index (κ2) is 8.41. The smallest absolute Gasteiger partial charge is 0.265 e. The molecule has 24 heavy (non-hydrogen) atoms. The summed E-state index contributed by atoms with van der Waals surface area (Å²) < 4.78 is 5.88. The molecule has 0 aliphatic heterocycles. The van der Waals surface area contributed by atoms with Gasteiger partial charge in [-0.05, 0) is 43.0 Å². The van der Waals surface area contributed by atoms with E-state index in [2.05, 4.69) is 19.2 Å². The van der Waals surface area contributed by atoms with E-state index in [0.717, 1.165) is 17.7 Å². The summed E-state index contributed by atoms with van der Waals surface area (Å²) in [6, 6.07) is 12.9. The third-order valence-electron chi connectivity index (χ3n) is 3.95. The standard InChI is InChI=1S/C19H21Cl2NO2/c1-4-12(2)14-8-5-6-11-17(14)24-13(3)19(23)22-18-15(20)9-7-10-16(18)21/h5-13H,4H2,1-3H3,(H,22,23). The average molecular weight is 366 g/mol. The second-order valence-electron chi connectivity index (χ2n) is 5.69. The van der Waals surface area contributed by atoms with E-state index in [1.807, 2.05) is 24.3 Å². The van der Waals surface area contributed by atoms with Gasteiger partial charge in [-0.1, -0.05) is 61.3 Å². The van der Waals surface area contributed by atoms with Gasteiger partial charge in [-0.2, -0.15) is 0 Å². The van der Waals surface area contributed by atoms with Crippen LogP contribution in [0.4, 0.5) is 5.69 Å². The molecule has 2 atom stereocenters. The van der Waals surface area contributed by atoms with E-state index in [4.69, 9.17) is 27.9 Å². The third kappa shape index (κ3) is 4.43. The Kier molecular flexibility index (Phi) is 6.52. The first-order chi connectivity index (χ1) is 11.4. The van der Waals surface area contributed by atoms with Gasteiger partial charge >= 0.3 is 0 Å². The summed E-state index contributed by atoms with van der Waals surface area (Å²) in [5.41, 5.74) is 1.49. The van der Waals surface area contributed by atoms with Gasteiger partial charge in [0.25, 0.3) is 5.91 Å². The van der Waals surface area contributed by atoms with Crippen LogP contribution in [0.3, 0.4) is 0 Å². The number of ether oxygens (including phenoxy) is 1. The SMILES string of the molecule is CCC(C)c1ccccc1OC(C)C(=O)Nc1c(Cl)cccc1Cl. The topological polar surface area (TPSA) is 38.3 Å². The van der Waals surface area contributed by atoms with Crippen molar-refractivity contribution in [3.05, 3.63) is 58.1 Å². The summed E-state index contributed by atoms with van der Waals surface area (Å²) in [5, 5.41) is 3.52. The number of para-hydroxylation sites is 2. The van der Waals surface area contributed by atoms with Crippen molar-refractivity contribution in [2.75, 3.05) is 5.32 Å². The molecule has 3 nitrogen and oxygen atoms in total. The maximum atomic E-state index is 12.4. The van der Waals surface area contributed by atoms with Crippen LogP contribution in [-0.4, -0.2) is 12.0 Å². The summed E-state index contributed by atoms with van der Waals surface area (Å²) in [7, 11) is 0. The number of amides is 1. The lowest BCUT2D eigenvalue weighted by atomic mass is 9.98. The molecule has 0 fully saturated rings. The summed E-state index contributed by atoms with van der Waals surface area (Å²) >= 11 is 12.2. The second-order valence-corrected chi connectivity index (χ2v) is 6.51. The van der Waals surface area contributed by atoms with Crippen LogP contribution in [0.2, 0.25) is 10.0 Å². The Bertz CT molecular complexity index is 698. The highest BCUT2D eigenvalue weighted by Gasteiger charge is 2.19. The van der Waals surface area contributed by atoms with Crippen molar-refractivity contribution in [1.82, 2.24) is 0 Å². The Labute approximate surface area is 152 Å². The van der Waals surface area contributed by atoms with Crippen LogP contribution in [0, 0.1) is 0 Å². The molecule has 0 aliphatic carbocycles.